The first-order valence-electron chi connectivity index (χ1n) is 11.5. The third kappa shape index (κ3) is 13.4. The van der Waals surface area contributed by atoms with Crippen molar-refractivity contribution in [2.75, 3.05) is 27.2 Å². The Bertz CT molecular complexity index is 409. The molecule has 0 aliphatic rings. The van der Waals surface area contributed by atoms with E-state index in [0.717, 1.165) is 0 Å². The summed E-state index contributed by atoms with van der Waals surface area (Å²) in [5, 5.41) is 0. The fraction of sp³-hybridized carbons (Fsp3) is 0.760. The second-order valence-corrected chi connectivity index (χ2v) is 8.86. The first-order chi connectivity index (χ1) is 12.6. The van der Waals surface area contributed by atoms with Gasteiger partial charge in [-0.1, -0.05) is 101 Å². The summed E-state index contributed by atoms with van der Waals surface area (Å²) >= 11 is 0. The Labute approximate surface area is 164 Å². The normalized spacial score (nSPS) is 11.8. The maximum Gasteiger partial charge on any atom is 0.0785 e. The Morgan fingerprint density at radius 3 is 1.58 bits per heavy atom. The SMILES string of the molecule is CCCCCCCCCCCCCC[N+](C)(C)CCCc1ccccc1. The van der Waals surface area contributed by atoms with Gasteiger partial charge in [0.25, 0.3) is 0 Å². The predicted molar refractivity (Wildman–Crippen MR) is 118 cm³/mol. The van der Waals surface area contributed by atoms with Crippen LogP contribution in [0.25, 0.3) is 0 Å². The number of nitrogens with zero attached hydrogens (tertiary/aromatic N) is 1. The molecule has 0 aliphatic carbocycles. The van der Waals surface area contributed by atoms with Gasteiger partial charge in [-0.05, 0) is 24.8 Å². The second kappa shape index (κ2) is 15.3. The maximum atomic E-state index is 2.41. The highest BCUT2D eigenvalue weighted by Crippen LogP contribution is 2.13. The number of quaternary nitrogens is 1. The third-order valence-corrected chi connectivity index (χ3v) is 5.69. The van der Waals surface area contributed by atoms with Gasteiger partial charge in [0.05, 0.1) is 27.2 Å². The molecule has 1 nitrogen and oxygen atoms in total. The number of rotatable bonds is 17. The van der Waals surface area contributed by atoms with Gasteiger partial charge in [0.15, 0.2) is 0 Å². The van der Waals surface area contributed by atoms with E-state index >= 15 is 0 Å². The van der Waals surface area contributed by atoms with Gasteiger partial charge in [-0.15, -0.1) is 0 Å². The smallest absolute Gasteiger partial charge is 0.0785 e. The van der Waals surface area contributed by atoms with Crippen LogP contribution in [0.3, 0.4) is 0 Å². The Kier molecular flexibility index (Phi) is 13.6. The molecule has 0 N–H and O–H groups in total. The molecule has 0 fully saturated rings. The van der Waals surface area contributed by atoms with E-state index in [9.17, 15) is 0 Å². The van der Waals surface area contributed by atoms with Crippen LogP contribution in [0.4, 0.5) is 0 Å². The van der Waals surface area contributed by atoms with Gasteiger partial charge in [0.2, 0.25) is 0 Å². The second-order valence-electron chi connectivity index (χ2n) is 8.86. The predicted octanol–water partition coefficient (Wildman–Crippen LogP) is 7.40. The van der Waals surface area contributed by atoms with E-state index in [1.165, 1.54) is 113 Å². The van der Waals surface area contributed by atoms with Crippen molar-refractivity contribution < 1.29 is 4.48 Å². The summed E-state index contributed by atoms with van der Waals surface area (Å²) < 4.78 is 1.19. The molecule has 1 aromatic rings. The van der Waals surface area contributed by atoms with Gasteiger partial charge in [-0.2, -0.15) is 0 Å². The lowest BCUT2D eigenvalue weighted by Crippen LogP contribution is -2.41. The Hall–Kier alpha value is -0.820. The molecule has 0 atom stereocenters. The Morgan fingerprint density at radius 2 is 1.04 bits per heavy atom. The quantitative estimate of drug-likeness (QED) is 0.200. The number of aryl methyl sites for hydroxylation is 1. The minimum absolute atomic E-state index is 1.19. The first-order valence-corrected chi connectivity index (χ1v) is 11.5. The molecule has 0 spiro atoms. The minimum atomic E-state index is 1.19. The molecular weight excluding hydrogens is 314 g/mol. The topological polar surface area (TPSA) is 0 Å². The van der Waals surface area contributed by atoms with Gasteiger partial charge in [-0.25, -0.2) is 0 Å². The van der Waals surface area contributed by atoms with Gasteiger partial charge in [0, 0.05) is 6.42 Å². The van der Waals surface area contributed by atoms with Crippen LogP contribution < -0.4 is 0 Å². The molecule has 0 unspecified atom stereocenters. The van der Waals surface area contributed by atoms with Gasteiger partial charge in [0.1, 0.15) is 0 Å². The van der Waals surface area contributed by atoms with Crippen molar-refractivity contribution in [2.24, 2.45) is 0 Å². The summed E-state index contributed by atoms with van der Waals surface area (Å²) in [5.41, 5.74) is 1.48. The zero-order chi connectivity index (χ0) is 18.9. The number of hydrogen-bond donors (Lipinski definition) is 0. The summed E-state index contributed by atoms with van der Waals surface area (Å²) in [6.45, 7) is 4.93. The molecule has 26 heavy (non-hydrogen) atoms. The van der Waals surface area contributed by atoms with E-state index in [4.69, 9.17) is 0 Å². The van der Waals surface area contributed by atoms with E-state index in [0.29, 0.717) is 0 Å². The minimum Gasteiger partial charge on any atom is -0.328 e. The van der Waals surface area contributed by atoms with Gasteiger partial charge < -0.3 is 4.48 Å². The standard InChI is InChI=1S/C25H46N/c1-4-5-6-7-8-9-10-11-12-13-14-18-23-26(2,3)24-19-22-25-20-16-15-17-21-25/h15-17,20-21H,4-14,18-19,22-24H2,1-3H3/q+1. The van der Waals surface area contributed by atoms with Gasteiger partial charge >= 0.3 is 0 Å². The average Bonchev–Trinajstić information content (AvgIpc) is 2.63. The highest BCUT2D eigenvalue weighted by Gasteiger charge is 2.13. The van der Waals surface area contributed by atoms with E-state index in [1.54, 1.807) is 0 Å². The summed E-state index contributed by atoms with van der Waals surface area (Å²) in [7, 11) is 4.81. The Balaban J connectivity index is 1.89. The van der Waals surface area contributed by atoms with Crippen LogP contribution in [0.5, 0.6) is 0 Å². The number of benzene rings is 1. The van der Waals surface area contributed by atoms with Crippen molar-refractivity contribution in [2.45, 2.75) is 96.8 Å². The molecule has 1 rings (SSSR count). The first kappa shape index (κ1) is 23.2. The summed E-state index contributed by atoms with van der Waals surface area (Å²) in [6, 6.07) is 10.9. The zero-order valence-corrected chi connectivity index (χ0v) is 18.1. The molecule has 0 bridgehead atoms. The Morgan fingerprint density at radius 1 is 0.577 bits per heavy atom. The lowest BCUT2D eigenvalue weighted by atomic mass is 10.0. The average molecular weight is 361 g/mol. The van der Waals surface area contributed by atoms with Crippen LogP contribution in [-0.2, 0) is 6.42 Å². The van der Waals surface area contributed by atoms with Crippen LogP contribution in [0, 0.1) is 0 Å². The molecule has 0 aromatic heterocycles. The molecule has 0 saturated heterocycles. The fourth-order valence-electron chi connectivity index (χ4n) is 3.85. The van der Waals surface area contributed by atoms with Crippen LogP contribution >= 0.6 is 0 Å². The molecule has 0 heterocycles. The number of unbranched alkanes of at least 4 members (excludes halogenated alkanes) is 11. The van der Waals surface area contributed by atoms with Crippen molar-refractivity contribution in [3.63, 3.8) is 0 Å². The molecule has 0 saturated carbocycles. The van der Waals surface area contributed by atoms with Crippen LogP contribution in [0.1, 0.15) is 96.0 Å². The van der Waals surface area contributed by atoms with E-state index in [2.05, 4.69) is 51.4 Å². The molecule has 1 heteroatoms. The third-order valence-electron chi connectivity index (χ3n) is 5.69. The molecule has 0 radical (unpaired) electrons. The maximum absolute atomic E-state index is 2.41. The van der Waals surface area contributed by atoms with Crippen LogP contribution in [-0.4, -0.2) is 31.7 Å². The lowest BCUT2D eigenvalue weighted by Gasteiger charge is -2.30. The van der Waals surface area contributed by atoms with Crippen LogP contribution in [0.15, 0.2) is 30.3 Å². The highest BCUT2D eigenvalue weighted by atomic mass is 15.3. The zero-order valence-electron chi connectivity index (χ0n) is 18.1. The van der Waals surface area contributed by atoms with E-state index in [1.807, 2.05) is 0 Å². The van der Waals surface area contributed by atoms with Gasteiger partial charge in [-0.3, -0.25) is 0 Å². The fourth-order valence-corrected chi connectivity index (χ4v) is 3.85. The van der Waals surface area contributed by atoms with E-state index in [-0.39, 0.29) is 0 Å². The molecule has 0 amide bonds. The van der Waals surface area contributed by atoms with Crippen molar-refractivity contribution in [3.05, 3.63) is 35.9 Å². The highest BCUT2D eigenvalue weighted by molar-refractivity contribution is 5.14. The largest absolute Gasteiger partial charge is 0.328 e. The van der Waals surface area contributed by atoms with Crippen molar-refractivity contribution >= 4 is 0 Å². The summed E-state index contributed by atoms with van der Waals surface area (Å²) in [5.74, 6) is 0. The number of hydrogen-bond acceptors (Lipinski definition) is 0. The molecule has 0 aliphatic heterocycles. The summed E-state index contributed by atoms with van der Waals surface area (Å²) in [6.07, 6.45) is 19.8. The monoisotopic (exact) mass is 360 g/mol. The van der Waals surface area contributed by atoms with E-state index < -0.39 is 0 Å². The molecular formula is C25H46N+. The van der Waals surface area contributed by atoms with Crippen molar-refractivity contribution in [1.29, 1.82) is 0 Å². The lowest BCUT2D eigenvalue weighted by molar-refractivity contribution is -0.890. The summed E-state index contributed by atoms with van der Waals surface area (Å²) in [4.78, 5) is 0. The van der Waals surface area contributed by atoms with Crippen LogP contribution in [0.2, 0.25) is 0 Å². The molecule has 1 aromatic carbocycles. The molecule has 150 valence electrons. The van der Waals surface area contributed by atoms with Crippen molar-refractivity contribution in [3.8, 4) is 0 Å². The van der Waals surface area contributed by atoms with Crippen molar-refractivity contribution in [1.82, 2.24) is 0 Å².